The van der Waals surface area contributed by atoms with Crippen molar-refractivity contribution < 1.29 is 0 Å². The molecule has 0 aliphatic carbocycles. The first-order valence-electron chi connectivity index (χ1n) is 5.83. The van der Waals surface area contributed by atoms with E-state index in [-0.39, 0.29) is 0 Å². The molecule has 0 fully saturated rings. The zero-order chi connectivity index (χ0) is 11.1. The SMILES string of the molecule is CC(C)N1Cc2ccccc2C(C)(C)C1. The van der Waals surface area contributed by atoms with Crippen LogP contribution in [-0.2, 0) is 12.0 Å². The van der Waals surface area contributed by atoms with Gasteiger partial charge in [-0.25, -0.2) is 0 Å². The lowest BCUT2D eigenvalue weighted by molar-refractivity contribution is 0.154. The van der Waals surface area contributed by atoms with Gasteiger partial charge in [-0.05, 0) is 25.0 Å². The fraction of sp³-hybridized carbons (Fsp3) is 0.571. The van der Waals surface area contributed by atoms with Crippen LogP contribution in [-0.4, -0.2) is 17.5 Å². The first-order valence-corrected chi connectivity index (χ1v) is 5.83. The number of benzene rings is 1. The lowest BCUT2D eigenvalue weighted by Gasteiger charge is -2.41. The summed E-state index contributed by atoms with van der Waals surface area (Å²) in [5.41, 5.74) is 3.32. The van der Waals surface area contributed by atoms with Crippen molar-refractivity contribution in [3.05, 3.63) is 35.4 Å². The van der Waals surface area contributed by atoms with Crippen LogP contribution in [0.4, 0.5) is 0 Å². The average molecular weight is 203 g/mol. The Morgan fingerprint density at radius 3 is 2.53 bits per heavy atom. The van der Waals surface area contributed by atoms with Gasteiger partial charge in [0.05, 0.1) is 0 Å². The zero-order valence-electron chi connectivity index (χ0n) is 10.2. The second kappa shape index (κ2) is 3.64. The average Bonchev–Trinajstić information content (AvgIpc) is 2.16. The zero-order valence-corrected chi connectivity index (χ0v) is 10.2. The lowest BCUT2D eigenvalue weighted by atomic mass is 9.78. The first-order chi connectivity index (χ1) is 7.00. The van der Waals surface area contributed by atoms with Gasteiger partial charge in [-0.2, -0.15) is 0 Å². The van der Waals surface area contributed by atoms with Gasteiger partial charge in [-0.15, -0.1) is 0 Å². The summed E-state index contributed by atoms with van der Waals surface area (Å²) in [5, 5.41) is 0. The number of hydrogen-bond acceptors (Lipinski definition) is 1. The van der Waals surface area contributed by atoms with E-state index in [1.807, 2.05) is 0 Å². The van der Waals surface area contributed by atoms with E-state index in [1.54, 1.807) is 0 Å². The summed E-state index contributed by atoms with van der Waals surface area (Å²) >= 11 is 0. The molecule has 15 heavy (non-hydrogen) atoms. The van der Waals surface area contributed by atoms with E-state index in [0.29, 0.717) is 11.5 Å². The molecule has 0 spiro atoms. The molecular weight excluding hydrogens is 182 g/mol. The van der Waals surface area contributed by atoms with Gasteiger partial charge in [0.15, 0.2) is 0 Å². The van der Waals surface area contributed by atoms with Crippen molar-refractivity contribution in [3.63, 3.8) is 0 Å². The molecule has 1 heterocycles. The quantitative estimate of drug-likeness (QED) is 0.677. The van der Waals surface area contributed by atoms with Gasteiger partial charge in [-0.3, -0.25) is 4.90 Å². The molecular formula is C14H21N. The van der Waals surface area contributed by atoms with Crippen molar-refractivity contribution in [1.82, 2.24) is 4.90 Å². The highest BCUT2D eigenvalue weighted by molar-refractivity contribution is 5.35. The fourth-order valence-electron chi connectivity index (χ4n) is 2.55. The number of nitrogens with zero attached hydrogens (tertiary/aromatic N) is 1. The maximum atomic E-state index is 2.56. The van der Waals surface area contributed by atoms with Crippen LogP contribution in [0.3, 0.4) is 0 Å². The minimum absolute atomic E-state index is 0.291. The molecule has 1 aliphatic heterocycles. The summed E-state index contributed by atoms with van der Waals surface area (Å²) in [6, 6.07) is 9.50. The van der Waals surface area contributed by atoms with Crippen LogP contribution in [0.15, 0.2) is 24.3 Å². The molecule has 0 aromatic heterocycles. The predicted octanol–water partition coefficient (Wildman–Crippen LogP) is 3.19. The van der Waals surface area contributed by atoms with Crippen molar-refractivity contribution in [2.75, 3.05) is 6.54 Å². The molecule has 1 heteroatoms. The number of fused-ring (bicyclic) bond motifs is 1. The number of rotatable bonds is 1. The van der Waals surface area contributed by atoms with Gasteiger partial charge < -0.3 is 0 Å². The maximum absolute atomic E-state index is 2.56. The topological polar surface area (TPSA) is 3.24 Å². The van der Waals surface area contributed by atoms with Crippen LogP contribution in [0.5, 0.6) is 0 Å². The van der Waals surface area contributed by atoms with Gasteiger partial charge in [0.2, 0.25) is 0 Å². The van der Waals surface area contributed by atoms with Gasteiger partial charge in [0.1, 0.15) is 0 Å². The smallest absolute Gasteiger partial charge is 0.0239 e. The van der Waals surface area contributed by atoms with Crippen molar-refractivity contribution >= 4 is 0 Å². The van der Waals surface area contributed by atoms with Gasteiger partial charge in [-0.1, -0.05) is 38.1 Å². The van der Waals surface area contributed by atoms with Crippen molar-refractivity contribution in [2.24, 2.45) is 0 Å². The van der Waals surface area contributed by atoms with Gasteiger partial charge in [0, 0.05) is 24.5 Å². The minimum atomic E-state index is 0.291. The molecule has 0 unspecified atom stereocenters. The molecule has 2 rings (SSSR count). The molecule has 0 radical (unpaired) electrons. The molecule has 0 bridgehead atoms. The Balaban J connectivity index is 2.39. The minimum Gasteiger partial charge on any atom is -0.296 e. The largest absolute Gasteiger partial charge is 0.296 e. The maximum Gasteiger partial charge on any atom is 0.0239 e. The molecule has 1 aliphatic rings. The third kappa shape index (κ3) is 1.93. The van der Waals surface area contributed by atoms with Crippen LogP contribution in [0, 0.1) is 0 Å². The summed E-state index contributed by atoms with van der Waals surface area (Å²) in [5.74, 6) is 0. The molecule has 0 atom stereocenters. The Bertz CT molecular complexity index is 352. The molecule has 1 aromatic rings. The Labute approximate surface area is 93.1 Å². The van der Waals surface area contributed by atoms with E-state index in [0.717, 1.165) is 6.54 Å². The van der Waals surface area contributed by atoms with Crippen LogP contribution < -0.4 is 0 Å². The molecule has 0 amide bonds. The van der Waals surface area contributed by atoms with Crippen LogP contribution >= 0.6 is 0 Å². The number of hydrogen-bond donors (Lipinski definition) is 0. The highest BCUT2D eigenvalue weighted by Crippen LogP contribution is 2.33. The monoisotopic (exact) mass is 203 g/mol. The first kappa shape index (κ1) is 10.7. The van der Waals surface area contributed by atoms with E-state index in [2.05, 4.69) is 56.9 Å². The van der Waals surface area contributed by atoms with Crippen LogP contribution in [0.25, 0.3) is 0 Å². The predicted molar refractivity (Wildman–Crippen MR) is 65.0 cm³/mol. The second-order valence-corrected chi connectivity index (χ2v) is 5.54. The summed E-state index contributed by atoms with van der Waals surface area (Å²) in [6.07, 6.45) is 0. The van der Waals surface area contributed by atoms with Crippen LogP contribution in [0.2, 0.25) is 0 Å². The molecule has 1 nitrogen and oxygen atoms in total. The third-order valence-electron chi connectivity index (χ3n) is 3.45. The highest BCUT2D eigenvalue weighted by Gasteiger charge is 2.31. The normalized spacial score (nSPS) is 20.3. The van der Waals surface area contributed by atoms with Crippen molar-refractivity contribution in [3.8, 4) is 0 Å². The lowest BCUT2D eigenvalue weighted by Crippen LogP contribution is -2.45. The van der Waals surface area contributed by atoms with Crippen molar-refractivity contribution in [1.29, 1.82) is 0 Å². The Morgan fingerprint density at radius 2 is 1.87 bits per heavy atom. The molecule has 0 N–H and O–H groups in total. The summed E-state index contributed by atoms with van der Waals surface area (Å²) < 4.78 is 0. The summed E-state index contributed by atoms with van der Waals surface area (Å²) in [6.45, 7) is 11.5. The van der Waals surface area contributed by atoms with E-state index in [4.69, 9.17) is 0 Å². The summed E-state index contributed by atoms with van der Waals surface area (Å²) in [4.78, 5) is 2.56. The molecule has 0 saturated heterocycles. The van der Waals surface area contributed by atoms with Gasteiger partial charge in [0.25, 0.3) is 0 Å². The molecule has 82 valence electrons. The third-order valence-corrected chi connectivity index (χ3v) is 3.45. The highest BCUT2D eigenvalue weighted by atomic mass is 15.2. The standard InChI is InChI=1S/C14H21N/c1-11(2)15-9-12-7-5-6-8-13(12)14(3,4)10-15/h5-8,11H,9-10H2,1-4H3. The van der Waals surface area contributed by atoms with Gasteiger partial charge >= 0.3 is 0 Å². The molecule has 1 aromatic carbocycles. The molecule has 0 saturated carbocycles. The summed E-state index contributed by atoms with van der Waals surface area (Å²) in [7, 11) is 0. The Kier molecular flexibility index (Phi) is 2.59. The second-order valence-electron chi connectivity index (χ2n) is 5.54. The Morgan fingerprint density at radius 1 is 1.20 bits per heavy atom. The van der Waals surface area contributed by atoms with E-state index < -0.39 is 0 Å². The van der Waals surface area contributed by atoms with E-state index in [1.165, 1.54) is 17.7 Å². The van der Waals surface area contributed by atoms with E-state index in [9.17, 15) is 0 Å². The fourth-order valence-corrected chi connectivity index (χ4v) is 2.55. The van der Waals surface area contributed by atoms with Crippen molar-refractivity contribution in [2.45, 2.75) is 45.7 Å². The van der Waals surface area contributed by atoms with Crippen LogP contribution in [0.1, 0.15) is 38.8 Å². The Hall–Kier alpha value is -0.820. The van der Waals surface area contributed by atoms with E-state index >= 15 is 0 Å².